The first kappa shape index (κ1) is 16.6. The van der Waals surface area contributed by atoms with Gasteiger partial charge in [0.15, 0.2) is 0 Å². The molecule has 0 saturated carbocycles. The highest BCUT2D eigenvalue weighted by Gasteiger charge is 2.21. The van der Waals surface area contributed by atoms with E-state index in [1.54, 1.807) is 0 Å². The average Bonchev–Trinajstić information content (AvgIpc) is 2.72. The Morgan fingerprint density at radius 2 is 2.10 bits per heavy atom. The Kier molecular flexibility index (Phi) is 6.38. The van der Waals surface area contributed by atoms with Gasteiger partial charge in [-0.2, -0.15) is 0 Å². The van der Waals surface area contributed by atoms with E-state index >= 15 is 0 Å². The van der Waals surface area contributed by atoms with Crippen molar-refractivity contribution < 1.29 is 0 Å². The molecule has 0 amide bonds. The summed E-state index contributed by atoms with van der Waals surface area (Å²) >= 11 is 6.58. The van der Waals surface area contributed by atoms with Crippen molar-refractivity contribution in [2.24, 2.45) is 5.73 Å². The van der Waals surface area contributed by atoms with Gasteiger partial charge in [0, 0.05) is 18.6 Å². The molecule has 2 nitrogen and oxygen atoms in total. The average molecular weight is 309 g/mol. The van der Waals surface area contributed by atoms with E-state index in [-0.39, 0.29) is 6.04 Å². The normalized spacial score (nSPS) is 21.1. The molecule has 0 radical (unpaired) electrons. The molecule has 1 aliphatic rings. The molecule has 1 saturated heterocycles. The molecule has 0 aliphatic carbocycles. The number of hydrogen-bond acceptors (Lipinski definition) is 2. The quantitative estimate of drug-likeness (QED) is 0.848. The van der Waals surface area contributed by atoms with E-state index in [0.717, 1.165) is 24.4 Å². The summed E-state index contributed by atoms with van der Waals surface area (Å²) in [6.07, 6.45) is 8.35. The first-order valence-corrected chi connectivity index (χ1v) is 8.84. The maximum atomic E-state index is 6.58. The molecule has 1 aliphatic heterocycles. The van der Waals surface area contributed by atoms with Crippen LogP contribution in [0.25, 0.3) is 0 Å². The van der Waals surface area contributed by atoms with Crippen LogP contribution in [0.2, 0.25) is 5.02 Å². The van der Waals surface area contributed by atoms with Gasteiger partial charge in [-0.05, 0) is 49.8 Å². The Morgan fingerprint density at radius 3 is 2.76 bits per heavy atom. The molecule has 1 heterocycles. The third kappa shape index (κ3) is 4.37. The van der Waals surface area contributed by atoms with Gasteiger partial charge in [-0.25, -0.2) is 0 Å². The fraction of sp³-hybridized carbons (Fsp3) is 0.667. The lowest BCUT2D eigenvalue weighted by Crippen LogP contribution is -2.34. The highest BCUT2D eigenvalue weighted by atomic mass is 35.5. The summed E-state index contributed by atoms with van der Waals surface area (Å²) in [6, 6.07) is 7.38. The van der Waals surface area contributed by atoms with Crippen LogP contribution in [0.1, 0.15) is 57.9 Å². The van der Waals surface area contributed by atoms with Crippen LogP contribution in [0.3, 0.4) is 0 Å². The lowest BCUT2D eigenvalue weighted by molar-refractivity contribution is 0.556. The summed E-state index contributed by atoms with van der Waals surface area (Å²) in [4.78, 5) is 2.53. The van der Waals surface area contributed by atoms with Crippen LogP contribution in [0, 0.1) is 0 Å². The zero-order valence-electron chi connectivity index (χ0n) is 13.4. The van der Waals surface area contributed by atoms with Crippen molar-refractivity contribution in [3.8, 4) is 0 Å². The molecule has 2 N–H and O–H groups in total. The van der Waals surface area contributed by atoms with E-state index in [1.165, 1.54) is 43.4 Å². The number of rotatable bonds is 5. The SMILES string of the molecule is CCC(N)Cc1ccc(N2CCCCCC2CC)c(Cl)c1. The van der Waals surface area contributed by atoms with Crippen LogP contribution in [0.15, 0.2) is 18.2 Å². The fourth-order valence-corrected chi connectivity index (χ4v) is 3.59. The molecule has 0 bridgehead atoms. The van der Waals surface area contributed by atoms with Crippen molar-refractivity contribution in [1.82, 2.24) is 0 Å². The van der Waals surface area contributed by atoms with Gasteiger partial charge in [-0.3, -0.25) is 0 Å². The molecule has 21 heavy (non-hydrogen) atoms. The van der Waals surface area contributed by atoms with Crippen LogP contribution in [0.4, 0.5) is 5.69 Å². The minimum Gasteiger partial charge on any atom is -0.367 e. The summed E-state index contributed by atoms with van der Waals surface area (Å²) in [7, 11) is 0. The van der Waals surface area contributed by atoms with Gasteiger partial charge in [0.25, 0.3) is 0 Å². The van der Waals surface area contributed by atoms with Gasteiger partial charge in [-0.1, -0.05) is 44.4 Å². The second-order valence-corrected chi connectivity index (χ2v) is 6.67. The van der Waals surface area contributed by atoms with Crippen molar-refractivity contribution in [2.45, 2.75) is 70.9 Å². The lowest BCUT2D eigenvalue weighted by atomic mass is 10.0. The summed E-state index contributed by atoms with van der Waals surface area (Å²) in [5.74, 6) is 0. The van der Waals surface area contributed by atoms with Crippen LogP contribution < -0.4 is 10.6 Å². The first-order chi connectivity index (χ1) is 10.2. The Bertz CT molecular complexity index is 447. The fourth-order valence-electron chi connectivity index (χ4n) is 3.28. The monoisotopic (exact) mass is 308 g/mol. The Balaban J connectivity index is 2.18. The van der Waals surface area contributed by atoms with Crippen molar-refractivity contribution in [3.05, 3.63) is 28.8 Å². The molecule has 2 rings (SSSR count). The Morgan fingerprint density at radius 1 is 1.29 bits per heavy atom. The topological polar surface area (TPSA) is 29.3 Å². The zero-order chi connectivity index (χ0) is 15.2. The number of anilines is 1. The number of nitrogens with two attached hydrogens (primary N) is 1. The molecule has 2 unspecified atom stereocenters. The summed E-state index contributed by atoms with van der Waals surface area (Å²) in [5, 5.41) is 0.885. The van der Waals surface area contributed by atoms with Crippen LogP contribution in [-0.4, -0.2) is 18.6 Å². The highest BCUT2D eigenvalue weighted by molar-refractivity contribution is 6.33. The third-order valence-corrected chi connectivity index (χ3v) is 4.99. The van der Waals surface area contributed by atoms with Crippen molar-refractivity contribution in [2.75, 3.05) is 11.4 Å². The van der Waals surface area contributed by atoms with Gasteiger partial charge in [-0.15, -0.1) is 0 Å². The van der Waals surface area contributed by atoms with E-state index in [0.29, 0.717) is 6.04 Å². The maximum absolute atomic E-state index is 6.58. The first-order valence-electron chi connectivity index (χ1n) is 8.46. The molecule has 2 atom stereocenters. The molecule has 1 fully saturated rings. The van der Waals surface area contributed by atoms with E-state index in [1.807, 2.05) is 0 Å². The van der Waals surface area contributed by atoms with Crippen molar-refractivity contribution in [3.63, 3.8) is 0 Å². The molecule has 0 aromatic heterocycles. The predicted octanol–water partition coefficient (Wildman–Crippen LogP) is 4.78. The second-order valence-electron chi connectivity index (χ2n) is 6.26. The number of hydrogen-bond donors (Lipinski definition) is 1. The molecule has 1 aromatic carbocycles. The molecule has 3 heteroatoms. The largest absolute Gasteiger partial charge is 0.367 e. The summed E-state index contributed by atoms with van der Waals surface area (Å²) < 4.78 is 0. The molecule has 118 valence electrons. The molecule has 1 aromatic rings. The van der Waals surface area contributed by atoms with Crippen molar-refractivity contribution in [1.29, 1.82) is 0 Å². The van der Waals surface area contributed by atoms with E-state index in [2.05, 4.69) is 36.9 Å². The molecular weight excluding hydrogens is 280 g/mol. The van der Waals surface area contributed by atoms with E-state index in [9.17, 15) is 0 Å². The Hall–Kier alpha value is -0.730. The second kappa shape index (κ2) is 8.05. The number of nitrogens with zero attached hydrogens (tertiary/aromatic N) is 1. The van der Waals surface area contributed by atoms with Crippen molar-refractivity contribution >= 4 is 17.3 Å². The molecular formula is C18H29ClN2. The summed E-state index contributed by atoms with van der Waals surface area (Å²) in [6.45, 7) is 5.54. The summed E-state index contributed by atoms with van der Waals surface area (Å²) in [5.41, 5.74) is 8.51. The maximum Gasteiger partial charge on any atom is 0.0642 e. The van der Waals surface area contributed by atoms with E-state index < -0.39 is 0 Å². The minimum absolute atomic E-state index is 0.230. The highest BCUT2D eigenvalue weighted by Crippen LogP contribution is 2.32. The van der Waals surface area contributed by atoms with Crippen LogP contribution in [-0.2, 0) is 6.42 Å². The molecule has 0 spiro atoms. The number of halogens is 1. The third-order valence-electron chi connectivity index (χ3n) is 4.69. The van der Waals surface area contributed by atoms with Gasteiger partial charge in [0.05, 0.1) is 10.7 Å². The van der Waals surface area contributed by atoms with E-state index in [4.69, 9.17) is 17.3 Å². The van der Waals surface area contributed by atoms with Gasteiger partial charge in [0.1, 0.15) is 0 Å². The van der Waals surface area contributed by atoms with Gasteiger partial charge >= 0.3 is 0 Å². The Labute approximate surface area is 134 Å². The zero-order valence-corrected chi connectivity index (χ0v) is 14.2. The standard InChI is InChI=1S/C18H29ClN2/c1-3-15(20)12-14-9-10-18(17(19)13-14)21-11-7-5-6-8-16(21)4-2/h9-10,13,15-16H,3-8,11-12,20H2,1-2H3. The lowest BCUT2D eigenvalue weighted by Gasteiger charge is -2.32. The minimum atomic E-state index is 0.230. The van der Waals surface area contributed by atoms with Gasteiger partial charge < -0.3 is 10.6 Å². The van der Waals surface area contributed by atoms with Gasteiger partial charge in [0.2, 0.25) is 0 Å². The predicted molar refractivity (Wildman–Crippen MR) is 93.3 cm³/mol. The van der Waals surface area contributed by atoms with Crippen LogP contribution >= 0.6 is 11.6 Å². The smallest absolute Gasteiger partial charge is 0.0642 e. The number of benzene rings is 1. The van der Waals surface area contributed by atoms with Crippen LogP contribution in [0.5, 0.6) is 0 Å².